The second kappa shape index (κ2) is 6.35. The Bertz CT molecular complexity index is 1050. The van der Waals surface area contributed by atoms with Crippen molar-refractivity contribution >= 4 is 44.9 Å². The van der Waals surface area contributed by atoms with Gasteiger partial charge in [0.05, 0.1) is 5.69 Å². The van der Waals surface area contributed by atoms with E-state index >= 15 is 0 Å². The summed E-state index contributed by atoms with van der Waals surface area (Å²) in [6, 6.07) is 16.7. The van der Waals surface area contributed by atoms with Crippen LogP contribution < -0.4 is 5.32 Å². The first kappa shape index (κ1) is 15.9. The van der Waals surface area contributed by atoms with Gasteiger partial charge in [0.2, 0.25) is 0 Å². The molecule has 124 valence electrons. The number of aromatic nitrogens is 1. The quantitative estimate of drug-likeness (QED) is 0.499. The summed E-state index contributed by atoms with van der Waals surface area (Å²) in [5, 5.41) is 4.87. The van der Waals surface area contributed by atoms with E-state index in [9.17, 15) is 4.79 Å². The first-order chi connectivity index (χ1) is 12.1. The van der Waals surface area contributed by atoms with Crippen LogP contribution in [0.4, 0.5) is 5.13 Å². The number of benzene rings is 2. The minimum Gasteiger partial charge on any atom is -0.451 e. The molecule has 1 N–H and O–H groups in total. The first-order valence-corrected chi connectivity index (χ1v) is 8.83. The Morgan fingerprint density at radius 3 is 2.80 bits per heavy atom. The van der Waals surface area contributed by atoms with E-state index in [2.05, 4.69) is 10.3 Å². The number of thiazole rings is 1. The van der Waals surface area contributed by atoms with Crippen molar-refractivity contribution in [2.45, 2.75) is 6.92 Å². The molecular formula is C19H13ClN2O2S. The summed E-state index contributed by atoms with van der Waals surface area (Å²) < 4.78 is 5.59. The van der Waals surface area contributed by atoms with Crippen molar-refractivity contribution in [3.63, 3.8) is 0 Å². The predicted octanol–water partition coefficient (Wildman–Crippen LogP) is 5.77. The number of furan rings is 1. The van der Waals surface area contributed by atoms with Gasteiger partial charge in [0, 0.05) is 20.8 Å². The van der Waals surface area contributed by atoms with Crippen LogP contribution in [0.15, 0.2) is 59.0 Å². The van der Waals surface area contributed by atoms with E-state index in [1.165, 1.54) is 11.3 Å². The number of anilines is 1. The molecular weight excluding hydrogens is 356 g/mol. The average molecular weight is 369 g/mol. The van der Waals surface area contributed by atoms with Crippen LogP contribution in [0, 0.1) is 6.92 Å². The summed E-state index contributed by atoms with van der Waals surface area (Å²) in [5.41, 5.74) is 2.42. The number of nitrogens with one attached hydrogen (secondary N) is 1. The maximum absolute atomic E-state index is 12.4. The number of para-hydroxylation sites is 1. The van der Waals surface area contributed by atoms with Gasteiger partial charge in [-0.3, -0.25) is 10.1 Å². The molecule has 4 nitrogen and oxygen atoms in total. The summed E-state index contributed by atoms with van der Waals surface area (Å²) in [6.07, 6.45) is 0. The highest BCUT2D eigenvalue weighted by Gasteiger charge is 2.16. The fraction of sp³-hybridized carbons (Fsp3) is 0.0526. The number of fused-ring (bicyclic) bond motifs is 1. The second-order valence-electron chi connectivity index (χ2n) is 5.54. The average Bonchev–Trinajstić information content (AvgIpc) is 3.18. The summed E-state index contributed by atoms with van der Waals surface area (Å²) in [6.45, 7) is 1.96. The van der Waals surface area contributed by atoms with Crippen molar-refractivity contribution < 1.29 is 9.21 Å². The van der Waals surface area contributed by atoms with Gasteiger partial charge in [-0.2, -0.15) is 0 Å². The van der Waals surface area contributed by atoms with Crippen LogP contribution in [0.1, 0.15) is 15.4 Å². The molecule has 0 radical (unpaired) electrons. The predicted molar refractivity (Wildman–Crippen MR) is 101 cm³/mol. The highest BCUT2D eigenvalue weighted by molar-refractivity contribution is 7.16. The number of hydrogen-bond acceptors (Lipinski definition) is 4. The lowest BCUT2D eigenvalue weighted by Crippen LogP contribution is -2.10. The topological polar surface area (TPSA) is 55.1 Å². The number of rotatable bonds is 3. The highest BCUT2D eigenvalue weighted by Crippen LogP contribution is 2.32. The van der Waals surface area contributed by atoms with E-state index in [1.807, 2.05) is 55.5 Å². The molecule has 0 saturated carbocycles. The maximum atomic E-state index is 12.4. The van der Waals surface area contributed by atoms with Crippen LogP contribution in [-0.2, 0) is 0 Å². The van der Waals surface area contributed by atoms with Gasteiger partial charge >= 0.3 is 0 Å². The minimum atomic E-state index is -0.317. The van der Waals surface area contributed by atoms with Crippen LogP contribution in [-0.4, -0.2) is 10.9 Å². The Labute approximate surface area is 153 Å². The number of carbonyl (C=O) groups excluding carboxylic acids is 1. The van der Waals surface area contributed by atoms with Gasteiger partial charge in [-0.05, 0) is 31.2 Å². The fourth-order valence-corrected chi connectivity index (χ4v) is 3.63. The van der Waals surface area contributed by atoms with E-state index < -0.39 is 0 Å². The molecule has 2 heterocycles. The van der Waals surface area contributed by atoms with E-state index in [0.29, 0.717) is 15.7 Å². The molecule has 2 aromatic heterocycles. The summed E-state index contributed by atoms with van der Waals surface area (Å²) >= 11 is 7.47. The van der Waals surface area contributed by atoms with Gasteiger partial charge < -0.3 is 4.42 Å². The van der Waals surface area contributed by atoms with Crippen molar-refractivity contribution in [3.8, 4) is 11.3 Å². The van der Waals surface area contributed by atoms with Gasteiger partial charge in [0.1, 0.15) is 5.58 Å². The number of hydrogen-bond donors (Lipinski definition) is 1. The number of carbonyl (C=O) groups is 1. The van der Waals surface area contributed by atoms with Gasteiger partial charge in [0.25, 0.3) is 5.91 Å². The van der Waals surface area contributed by atoms with E-state index in [0.717, 1.165) is 21.5 Å². The van der Waals surface area contributed by atoms with E-state index in [4.69, 9.17) is 16.0 Å². The maximum Gasteiger partial charge on any atom is 0.293 e. The van der Waals surface area contributed by atoms with Gasteiger partial charge in [-0.15, -0.1) is 11.3 Å². The Morgan fingerprint density at radius 2 is 2.00 bits per heavy atom. The van der Waals surface area contributed by atoms with Crippen LogP contribution in [0.5, 0.6) is 0 Å². The standard InChI is InChI=1S/C19H13ClN2O2S/c1-11-17(13-6-4-7-14(20)9-13)21-19(25-11)22-18(23)16-10-12-5-2-3-8-15(12)24-16/h2-10H,1H3,(H,21,22,23). The van der Waals surface area contributed by atoms with Crippen molar-refractivity contribution in [1.29, 1.82) is 0 Å². The number of amides is 1. The summed E-state index contributed by atoms with van der Waals surface area (Å²) in [7, 11) is 0. The summed E-state index contributed by atoms with van der Waals surface area (Å²) in [5.74, 6) is -0.0547. The van der Waals surface area contributed by atoms with Crippen molar-refractivity contribution in [1.82, 2.24) is 4.98 Å². The van der Waals surface area contributed by atoms with E-state index in [1.54, 1.807) is 6.07 Å². The van der Waals surface area contributed by atoms with Gasteiger partial charge in [-0.25, -0.2) is 4.98 Å². The van der Waals surface area contributed by atoms with Crippen LogP contribution in [0.25, 0.3) is 22.2 Å². The molecule has 0 bridgehead atoms. The third kappa shape index (κ3) is 3.16. The van der Waals surface area contributed by atoms with Crippen molar-refractivity contribution in [2.75, 3.05) is 5.32 Å². The molecule has 1 amide bonds. The minimum absolute atomic E-state index is 0.262. The molecule has 0 fully saturated rings. The molecule has 0 saturated heterocycles. The van der Waals surface area contributed by atoms with Gasteiger partial charge in [-0.1, -0.05) is 41.9 Å². The lowest BCUT2D eigenvalue weighted by Gasteiger charge is -1.99. The molecule has 2 aromatic carbocycles. The molecule has 25 heavy (non-hydrogen) atoms. The van der Waals surface area contributed by atoms with Crippen LogP contribution >= 0.6 is 22.9 Å². The first-order valence-electron chi connectivity index (χ1n) is 7.63. The second-order valence-corrected chi connectivity index (χ2v) is 7.18. The van der Waals surface area contributed by atoms with Crippen LogP contribution in [0.2, 0.25) is 5.02 Å². The summed E-state index contributed by atoms with van der Waals surface area (Å²) in [4.78, 5) is 18.0. The molecule has 0 aliphatic carbocycles. The van der Waals surface area contributed by atoms with Gasteiger partial charge in [0.15, 0.2) is 10.9 Å². The molecule has 0 unspecified atom stereocenters. The number of nitrogens with zero attached hydrogens (tertiary/aromatic N) is 1. The zero-order valence-electron chi connectivity index (χ0n) is 13.2. The molecule has 4 rings (SSSR count). The van der Waals surface area contributed by atoms with Crippen molar-refractivity contribution in [2.24, 2.45) is 0 Å². The fourth-order valence-electron chi connectivity index (χ4n) is 2.61. The Balaban J connectivity index is 1.60. The third-order valence-corrected chi connectivity index (χ3v) is 4.89. The zero-order chi connectivity index (χ0) is 17.4. The normalized spacial score (nSPS) is 11.0. The number of halogens is 1. The lowest BCUT2D eigenvalue weighted by atomic mass is 10.1. The molecule has 4 aromatic rings. The molecule has 0 aliphatic rings. The molecule has 0 atom stereocenters. The van der Waals surface area contributed by atoms with E-state index in [-0.39, 0.29) is 11.7 Å². The van der Waals surface area contributed by atoms with Crippen LogP contribution in [0.3, 0.4) is 0 Å². The molecule has 6 heteroatoms. The highest BCUT2D eigenvalue weighted by atomic mass is 35.5. The SMILES string of the molecule is Cc1sc(NC(=O)c2cc3ccccc3o2)nc1-c1cccc(Cl)c1. The Kier molecular flexibility index (Phi) is 4.03. The monoisotopic (exact) mass is 368 g/mol. The largest absolute Gasteiger partial charge is 0.451 e. The van der Waals surface area contributed by atoms with Crippen molar-refractivity contribution in [3.05, 3.63) is 70.3 Å². The molecule has 0 spiro atoms. The zero-order valence-corrected chi connectivity index (χ0v) is 14.8. The lowest BCUT2D eigenvalue weighted by molar-refractivity contribution is 0.0998. The third-order valence-electron chi connectivity index (χ3n) is 3.76. The molecule has 0 aliphatic heterocycles. The Morgan fingerprint density at radius 1 is 1.16 bits per heavy atom. The Hall–Kier alpha value is -2.63. The number of aryl methyl sites for hydroxylation is 1. The smallest absolute Gasteiger partial charge is 0.293 e.